The van der Waals surface area contributed by atoms with Crippen LogP contribution in [0.1, 0.15) is 26.3 Å². The van der Waals surface area contributed by atoms with Crippen LogP contribution in [-0.2, 0) is 6.54 Å². The van der Waals surface area contributed by atoms with Crippen LogP contribution in [0.4, 0.5) is 0 Å². The molecule has 0 bridgehead atoms. The van der Waals surface area contributed by atoms with Gasteiger partial charge in [0, 0.05) is 17.6 Å². The number of rotatable bonds is 5. The van der Waals surface area contributed by atoms with Gasteiger partial charge >= 0.3 is 0 Å². The normalized spacial score (nSPS) is 13.5. The van der Waals surface area contributed by atoms with Gasteiger partial charge in [0.15, 0.2) is 0 Å². The molecule has 1 aromatic carbocycles. The number of aliphatic hydroxyl groups is 1. The molecule has 19 heavy (non-hydrogen) atoms. The summed E-state index contributed by atoms with van der Waals surface area (Å²) in [7, 11) is 0. The maximum absolute atomic E-state index is 9.71. The van der Waals surface area contributed by atoms with E-state index in [2.05, 4.69) is 27.6 Å². The Labute approximate surface area is 113 Å². The minimum atomic E-state index is -0.417. The summed E-state index contributed by atoms with van der Waals surface area (Å²) >= 11 is 0. The van der Waals surface area contributed by atoms with E-state index in [1.54, 1.807) is 6.92 Å². The molecule has 1 heterocycles. The van der Waals surface area contributed by atoms with E-state index in [0.29, 0.717) is 6.54 Å². The molecule has 2 aromatic rings. The Balaban J connectivity index is 2.13. The lowest BCUT2D eigenvalue weighted by molar-refractivity contribution is 0.0957. The zero-order chi connectivity index (χ0) is 13.9. The molecule has 4 nitrogen and oxygen atoms in total. The summed E-state index contributed by atoms with van der Waals surface area (Å²) in [5.74, 6) is 0. The van der Waals surface area contributed by atoms with Gasteiger partial charge in [0.2, 0.25) is 0 Å². The minimum absolute atomic E-state index is 0.328. The topological polar surface area (TPSA) is 60.9 Å². The molecule has 0 saturated carbocycles. The number of aromatic amines is 1. The number of hydrogen-bond donors (Lipinski definition) is 3. The van der Waals surface area contributed by atoms with Crippen LogP contribution in [0.2, 0.25) is 0 Å². The highest BCUT2D eigenvalue weighted by molar-refractivity contribution is 5.62. The van der Waals surface area contributed by atoms with Crippen LogP contribution in [0.5, 0.6) is 0 Å². The van der Waals surface area contributed by atoms with Crippen molar-refractivity contribution in [3.63, 3.8) is 0 Å². The molecule has 3 N–H and O–H groups in total. The lowest BCUT2D eigenvalue weighted by Crippen LogP contribution is -2.47. The van der Waals surface area contributed by atoms with E-state index in [9.17, 15) is 5.11 Å². The fourth-order valence-electron chi connectivity index (χ4n) is 1.77. The van der Waals surface area contributed by atoms with Crippen LogP contribution in [-0.4, -0.2) is 26.9 Å². The summed E-state index contributed by atoms with van der Waals surface area (Å²) in [5, 5.41) is 20.2. The Morgan fingerprint density at radius 3 is 2.63 bits per heavy atom. The van der Waals surface area contributed by atoms with Crippen LogP contribution < -0.4 is 5.32 Å². The van der Waals surface area contributed by atoms with E-state index in [0.717, 1.165) is 16.8 Å². The van der Waals surface area contributed by atoms with Crippen LogP contribution in [0, 0.1) is 0 Å². The van der Waals surface area contributed by atoms with Crippen molar-refractivity contribution < 1.29 is 5.11 Å². The van der Waals surface area contributed by atoms with Crippen LogP contribution in [0.3, 0.4) is 0 Å². The lowest BCUT2D eigenvalue weighted by Gasteiger charge is -2.29. The van der Waals surface area contributed by atoms with Crippen molar-refractivity contribution in [1.29, 1.82) is 0 Å². The van der Waals surface area contributed by atoms with Gasteiger partial charge in [-0.3, -0.25) is 5.10 Å². The molecule has 0 amide bonds. The predicted octanol–water partition coefficient (Wildman–Crippen LogP) is 2.33. The highest BCUT2D eigenvalue weighted by Gasteiger charge is 2.23. The molecule has 0 fully saturated rings. The highest BCUT2D eigenvalue weighted by Crippen LogP contribution is 2.21. The van der Waals surface area contributed by atoms with E-state index in [4.69, 9.17) is 0 Å². The first-order valence-corrected chi connectivity index (χ1v) is 6.51. The Morgan fingerprint density at radius 1 is 1.32 bits per heavy atom. The number of aromatic nitrogens is 2. The van der Waals surface area contributed by atoms with Gasteiger partial charge in [-0.15, -0.1) is 0 Å². The van der Waals surface area contributed by atoms with E-state index in [1.165, 1.54) is 0 Å². The summed E-state index contributed by atoms with van der Waals surface area (Å²) in [4.78, 5) is 0. The number of benzene rings is 1. The van der Waals surface area contributed by atoms with E-state index >= 15 is 0 Å². The third kappa shape index (κ3) is 3.22. The third-order valence-electron chi connectivity index (χ3n) is 3.56. The summed E-state index contributed by atoms with van der Waals surface area (Å²) in [6, 6.07) is 10.1. The number of aliphatic hydroxyl groups excluding tert-OH is 1. The van der Waals surface area contributed by atoms with E-state index in [-0.39, 0.29) is 5.54 Å². The standard InChI is InChI=1S/C15H21N3O/c1-11(19)15(2,3)16-9-13-10-17-18-14(13)12-7-5-4-6-8-12/h4-8,10-11,16,19H,9H2,1-3H3,(H,17,18). The van der Waals surface area contributed by atoms with Gasteiger partial charge in [-0.2, -0.15) is 5.10 Å². The largest absolute Gasteiger partial charge is 0.392 e. The van der Waals surface area contributed by atoms with Gasteiger partial charge in [-0.1, -0.05) is 30.3 Å². The lowest BCUT2D eigenvalue weighted by atomic mass is 9.98. The third-order valence-corrected chi connectivity index (χ3v) is 3.56. The van der Waals surface area contributed by atoms with Crippen molar-refractivity contribution in [2.75, 3.05) is 0 Å². The molecule has 1 atom stereocenters. The molecule has 0 radical (unpaired) electrons. The molecule has 0 aliphatic carbocycles. The Morgan fingerprint density at radius 2 is 2.00 bits per heavy atom. The molecule has 1 aromatic heterocycles. The summed E-state index contributed by atoms with van der Waals surface area (Å²) in [6.45, 7) is 6.43. The van der Waals surface area contributed by atoms with Crippen molar-refractivity contribution in [2.24, 2.45) is 0 Å². The molecule has 0 spiro atoms. The Kier molecular flexibility index (Phi) is 4.02. The molecule has 0 aliphatic heterocycles. The van der Waals surface area contributed by atoms with Crippen LogP contribution in [0.25, 0.3) is 11.3 Å². The molecular formula is C15H21N3O. The first-order chi connectivity index (χ1) is 9.00. The molecule has 2 rings (SSSR count). The monoisotopic (exact) mass is 259 g/mol. The Hall–Kier alpha value is -1.65. The predicted molar refractivity (Wildman–Crippen MR) is 76.6 cm³/mol. The molecule has 102 valence electrons. The maximum atomic E-state index is 9.71. The SMILES string of the molecule is CC(O)C(C)(C)NCc1cn[nH]c1-c1ccccc1. The zero-order valence-corrected chi connectivity index (χ0v) is 11.6. The van der Waals surface area contributed by atoms with Gasteiger partial charge in [0.1, 0.15) is 0 Å². The van der Waals surface area contributed by atoms with Gasteiger partial charge in [-0.25, -0.2) is 0 Å². The highest BCUT2D eigenvalue weighted by atomic mass is 16.3. The second kappa shape index (κ2) is 5.55. The molecular weight excluding hydrogens is 238 g/mol. The van der Waals surface area contributed by atoms with E-state index in [1.807, 2.05) is 38.2 Å². The number of nitrogens with one attached hydrogen (secondary N) is 2. The number of H-pyrrole nitrogens is 1. The smallest absolute Gasteiger partial charge is 0.0695 e. The molecule has 4 heteroatoms. The number of hydrogen-bond acceptors (Lipinski definition) is 3. The molecule has 0 saturated heterocycles. The summed E-state index contributed by atoms with van der Waals surface area (Å²) in [6.07, 6.45) is 1.41. The van der Waals surface area contributed by atoms with Gasteiger partial charge in [0.05, 0.1) is 18.0 Å². The first kappa shape index (κ1) is 13.8. The first-order valence-electron chi connectivity index (χ1n) is 6.51. The zero-order valence-electron chi connectivity index (χ0n) is 11.6. The fourth-order valence-corrected chi connectivity index (χ4v) is 1.77. The van der Waals surface area contributed by atoms with Crippen molar-refractivity contribution in [1.82, 2.24) is 15.5 Å². The minimum Gasteiger partial charge on any atom is -0.392 e. The van der Waals surface area contributed by atoms with Gasteiger partial charge in [-0.05, 0) is 26.3 Å². The van der Waals surface area contributed by atoms with Crippen molar-refractivity contribution in [3.8, 4) is 11.3 Å². The molecule has 1 unspecified atom stereocenters. The van der Waals surface area contributed by atoms with Crippen LogP contribution >= 0.6 is 0 Å². The average molecular weight is 259 g/mol. The van der Waals surface area contributed by atoms with Crippen molar-refractivity contribution >= 4 is 0 Å². The van der Waals surface area contributed by atoms with Crippen LogP contribution in [0.15, 0.2) is 36.5 Å². The maximum Gasteiger partial charge on any atom is 0.0695 e. The van der Waals surface area contributed by atoms with E-state index < -0.39 is 6.10 Å². The quantitative estimate of drug-likeness (QED) is 0.772. The fraction of sp³-hybridized carbons (Fsp3) is 0.400. The number of nitrogens with zero attached hydrogens (tertiary/aromatic N) is 1. The molecule has 0 aliphatic rings. The van der Waals surface area contributed by atoms with Crippen molar-refractivity contribution in [3.05, 3.63) is 42.1 Å². The Bertz CT molecular complexity index is 517. The summed E-state index contributed by atoms with van der Waals surface area (Å²) < 4.78 is 0. The van der Waals surface area contributed by atoms with Gasteiger partial charge in [0.25, 0.3) is 0 Å². The van der Waals surface area contributed by atoms with Gasteiger partial charge < -0.3 is 10.4 Å². The second-order valence-corrected chi connectivity index (χ2v) is 5.39. The van der Waals surface area contributed by atoms with Crippen molar-refractivity contribution in [2.45, 2.75) is 39.0 Å². The second-order valence-electron chi connectivity index (χ2n) is 5.39. The average Bonchev–Trinajstić information content (AvgIpc) is 2.85. The summed E-state index contributed by atoms with van der Waals surface area (Å²) in [5.41, 5.74) is 2.91.